The molecule has 168 valence electrons. The average Bonchev–Trinajstić information content (AvgIpc) is 3.25. The van der Waals surface area contributed by atoms with Crippen molar-refractivity contribution in [3.05, 3.63) is 48.0 Å². The summed E-state index contributed by atoms with van der Waals surface area (Å²) in [4.78, 5) is 39.6. The monoisotopic (exact) mass is 428 g/mol. The lowest BCUT2D eigenvalue weighted by molar-refractivity contribution is -0.145. The van der Waals surface area contributed by atoms with Gasteiger partial charge in [-0.3, -0.25) is 14.4 Å². The van der Waals surface area contributed by atoms with E-state index in [2.05, 4.69) is 5.32 Å². The van der Waals surface area contributed by atoms with Gasteiger partial charge in [0, 0.05) is 19.4 Å². The number of likely N-dealkylation sites (tertiary alicyclic amines) is 1. The summed E-state index contributed by atoms with van der Waals surface area (Å²) in [5, 5.41) is 12.5. The number of hydrogen-bond donors (Lipinski definition) is 2. The molecule has 7 heteroatoms. The maximum atomic E-state index is 13.1. The number of cyclic esters (lactones) is 1. The lowest BCUT2D eigenvalue weighted by Gasteiger charge is -2.26. The molecule has 0 bridgehead atoms. The quantitative estimate of drug-likeness (QED) is 0.552. The molecule has 0 unspecified atom stereocenters. The van der Waals surface area contributed by atoms with Crippen LogP contribution in [0.5, 0.6) is 0 Å². The first kappa shape index (κ1) is 23.0. The summed E-state index contributed by atoms with van der Waals surface area (Å²) in [5.41, 5.74) is 1.03. The molecule has 2 aliphatic rings. The predicted molar refractivity (Wildman–Crippen MR) is 116 cm³/mol. The summed E-state index contributed by atoms with van der Waals surface area (Å²) >= 11 is 0. The highest BCUT2D eigenvalue weighted by molar-refractivity contribution is 5.86. The third-order valence-electron chi connectivity index (χ3n) is 5.92. The minimum atomic E-state index is -0.503. The highest BCUT2D eigenvalue weighted by Crippen LogP contribution is 2.21. The molecule has 1 aromatic rings. The lowest BCUT2D eigenvalue weighted by Crippen LogP contribution is -2.45. The summed E-state index contributed by atoms with van der Waals surface area (Å²) in [7, 11) is 0. The molecule has 3 rings (SSSR count). The number of nitrogens with zero attached hydrogens (tertiary/aromatic N) is 1. The van der Waals surface area contributed by atoms with Gasteiger partial charge in [0.15, 0.2) is 0 Å². The molecule has 2 N–H and O–H groups in total. The number of carbonyl (C=O) groups excluding carboxylic acids is 3. The summed E-state index contributed by atoms with van der Waals surface area (Å²) in [6.07, 6.45) is 7.30. The van der Waals surface area contributed by atoms with E-state index < -0.39 is 5.92 Å². The standard InChI is InChI=1S/C24H32N2O5/c27-16-21-11-7-13-26(21)22(28)15-19-10-5-2-6-12-23(29)31-17-20(25-24(19)30)14-18-8-3-1-4-9-18/h1-5,8-9,19-21,27H,6-7,10-17H2,(H,25,30)/t19-,20-,21+/m1/s1. The highest BCUT2D eigenvalue weighted by Gasteiger charge is 2.31. The van der Waals surface area contributed by atoms with Gasteiger partial charge >= 0.3 is 5.97 Å². The molecule has 0 aliphatic carbocycles. The number of aliphatic hydroxyl groups is 1. The molecule has 2 aliphatic heterocycles. The van der Waals surface area contributed by atoms with Crippen molar-refractivity contribution >= 4 is 17.8 Å². The largest absolute Gasteiger partial charge is 0.463 e. The van der Waals surface area contributed by atoms with Gasteiger partial charge in [-0.1, -0.05) is 42.5 Å². The van der Waals surface area contributed by atoms with Crippen LogP contribution in [-0.2, 0) is 25.5 Å². The Morgan fingerprint density at radius 2 is 2.00 bits per heavy atom. The van der Waals surface area contributed by atoms with Crippen LogP contribution in [0.15, 0.2) is 42.5 Å². The lowest BCUT2D eigenvalue weighted by atomic mass is 9.97. The van der Waals surface area contributed by atoms with Crippen LogP contribution in [0.25, 0.3) is 0 Å². The Labute approximate surface area is 183 Å². The molecule has 1 fully saturated rings. The maximum Gasteiger partial charge on any atom is 0.306 e. The van der Waals surface area contributed by atoms with E-state index in [0.29, 0.717) is 25.8 Å². The Bertz CT molecular complexity index is 779. The Morgan fingerprint density at radius 1 is 1.19 bits per heavy atom. The fourth-order valence-corrected chi connectivity index (χ4v) is 4.18. The molecule has 31 heavy (non-hydrogen) atoms. The first-order chi connectivity index (χ1) is 15.1. The van der Waals surface area contributed by atoms with Gasteiger partial charge < -0.3 is 20.1 Å². The second kappa shape index (κ2) is 11.6. The van der Waals surface area contributed by atoms with E-state index in [1.165, 1.54) is 0 Å². The van der Waals surface area contributed by atoms with Crippen LogP contribution in [0.2, 0.25) is 0 Å². The summed E-state index contributed by atoms with van der Waals surface area (Å²) < 4.78 is 5.38. The number of ether oxygens (including phenoxy) is 1. The Hall–Kier alpha value is -2.67. The van der Waals surface area contributed by atoms with Gasteiger partial charge in [0.1, 0.15) is 6.61 Å². The first-order valence-electron chi connectivity index (χ1n) is 11.1. The average molecular weight is 429 g/mol. The van der Waals surface area contributed by atoms with E-state index in [0.717, 1.165) is 18.4 Å². The highest BCUT2D eigenvalue weighted by atomic mass is 16.5. The second-order valence-corrected chi connectivity index (χ2v) is 8.29. The Balaban J connectivity index is 1.71. The number of rotatable bonds is 5. The number of hydrogen-bond acceptors (Lipinski definition) is 5. The van der Waals surface area contributed by atoms with Gasteiger partial charge in [-0.15, -0.1) is 0 Å². The molecule has 0 aromatic heterocycles. The van der Waals surface area contributed by atoms with E-state index in [1.54, 1.807) is 4.90 Å². The molecule has 3 atom stereocenters. The predicted octanol–water partition coefficient (Wildman–Crippen LogP) is 1.99. The van der Waals surface area contributed by atoms with Crippen molar-refractivity contribution in [3.8, 4) is 0 Å². The fourth-order valence-electron chi connectivity index (χ4n) is 4.18. The van der Waals surface area contributed by atoms with Crippen molar-refractivity contribution in [2.45, 2.75) is 57.0 Å². The molecule has 1 aromatic carbocycles. The van der Waals surface area contributed by atoms with E-state index in [-0.39, 0.29) is 55.9 Å². The third-order valence-corrected chi connectivity index (χ3v) is 5.92. The first-order valence-corrected chi connectivity index (χ1v) is 11.1. The minimum Gasteiger partial charge on any atom is -0.463 e. The molecule has 2 amide bonds. The molecule has 7 nitrogen and oxygen atoms in total. The number of aliphatic hydroxyl groups excluding tert-OH is 1. The van der Waals surface area contributed by atoms with Gasteiger partial charge in [0.25, 0.3) is 0 Å². The zero-order valence-corrected chi connectivity index (χ0v) is 17.9. The van der Waals surface area contributed by atoms with E-state index in [4.69, 9.17) is 4.74 Å². The smallest absolute Gasteiger partial charge is 0.306 e. The number of carbonyl (C=O) groups is 3. The van der Waals surface area contributed by atoms with Gasteiger partial charge in [-0.2, -0.15) is 0 Å². The normalized spacial score (nSPS) is 25.3. The SMILES string of the molecule is O=C1CCC=CC[C@H](CC(=O)N2CCC[C@H]2CO)C(=O)N[C@H](Cc2ccccc2)CO1. The minimum absolute atomic E-state index is 0.0486. The third kappa shape index (κ3) is 6.92. The number of esters is 1. The van der Waals surface area contributed by atoms with Crippen LogP contribution >= 0.6 is 0 Å². The summed E-state index contributed by atoms with van der Waals surface area (Å²) in [6.45, 7) is 0.677. The van der Waals surface area contributed by atoms with Gasteiger partial charge in [-0.05, 0) is 37.7 Å². The van der Waals surface area contributed by atoms with E-state index >= 15 is 0 Å². The van der Waals surface area contributed by atoms with Crippen molar-refractivity contribution in [1.82, 2.24) is 10.2 Å². The molecule has 2 heterocycles. The van der Waals surface area contributed by atoms with Gasteiger partial charge in [0.2, 0.25) is 11.8 Å². The summed E-state index contributed by atoms with van der Waals surface area (Å²) in [5.74, 6) is -1.09. The van der Waals surface area contributed by atoms with Gasteiger partial charge in [-0.25, -0.2) is 0 Å². The van der Waals surface area contributed by atoms with Crippen LogP contribution in [0.1, 0.15) is 44.1 Å². The molecule has 0 spiro atoms. The van der Waals surface area contributed by atoms with Crippen molar-refractivity contribution in [3.63, 3.8) is 0 Å². The fraction of sp³-hybridized carbons (Fsp3) is 0.542. The Morgan fingerprint density at radius 3 is 2.77 bits per heavy atom. The molecule has 1 saturated heterocycles. The summed E-state index contributed by atoms with van der Waals surface area (Å²) in [6, 6.07) is 9.21. The van der Waals surface area contributed by atoms with Crippen LogP contribution in [0.3, 0.4) is 0 Å². The van der Waals surface area contributed by atoms with Crippen molar-refractivity contribution < 1.29 is 24.2 Å². The van der Waals surface area contributed by atoms with E-state index in [9.17, 15) is 19.5 Å². The van der Waals surface area contributed by atoms with Crippen molar-refractivity contribution in [2.24, 2.45) is 5.92 Å². The van der Waals surface area contributed by atoms with Crippen LogP contribution in [0, 0.1) is 5.92 Å². The van der Waals surface area contributed by atoms with Crippen molar-refractivity contribution in [2.75, 3.05) is 19.8 Å². The Kier molecular flexibility index (Phi) is 8.64. The topological polar surface area (TPSA) is 95.9 Å². The van der Waals surface area contributed by atoms with E-state index in [1.807, 2.05) is 42.5 Å². The van der Waals surface area contributed by atoms with Crippen LogP contribution < -0.4 is 5.32 Å². The molecular formula is C24H32N2O5. The molecule has 0 saturated carbocycles. The molecular weight excluding hydrogens is 396 g/mol. The molecule has 0 radical (unpaired) electrons. The van der Waals surface area contributed by atoms with Crippen LogP contribution in [0.4, 0.5) is 0 Å². The number of nitrogens with one attached hydrogen (secondary N) is 1. The zero-order valence-electron chi connectivity index (χ0n) is 17.9. The maximum absolute atomic E-state index is 13.1. The number of benzene rings is 1. The second-order valence-electron chi connectivity index (χ2n) is 8.29. The van der Waals surface area contributed by atoms with Crippen LogP contribution in [-0.4, -0.2) is 59.6 Å². The number of allylic oxidation sites excluding steroid dienone is 2. The van der Waals surface area contributed by atoms with Gasteiger partial charge in [0.05, 0.1) is 24.6 Å². The zero-order chi connectivity index (χ0) is 22.1. The van der Waals surface area contributed by atoms with Crippen molar-refractivity contribution in [1.29, 1.82) is 0 Å². The number of amides is 2.